The van der Waals surface area contributed by atoms with Gasteiger partial charge in [0.25, 0.3) is 5.91 Å². The monoisotopic (exact) mass is 273 g/mol. The molecule has 0 bridgehead atoms. The van der Waals surface area contributed by atoms with Gasteiger partial charge in [0.05, 0.1) is 22.5 Å². The number of methoxy groups -OCH3 is 1. The van der Waals surface area contributed by atoms with Gasteiger partial charge in [0.1, 0.15) is 5.75 Å². The Balaban J connectivity index is 2.95. The summed E-state index contributed by atoms with van der Waals surface area (Å²) in [6.07, 6.45) is 0. The van der Waals surface area contributed by atoms with E-state index in [2.05, 4.69) is 0 Å². The topological polar surface area (TPSA) is 65.5 Å². The van der Waals surface area contributed by atoms with Crippen molar-refractivity contribution in [2.24, 2.45) is 5.73 Å². The predicted octanol–water partition coefficient (Wildman–Crippen LogP) is 3.16. The normalized spacial score (nSPS) is 10.8. The van der Waals surface area contributed by atoms with E-state index in [1.54, 1.807) is 6.92 Å². The van der Waals surface area contributed by atoms with Gasteiger partial charge in [-0.2, -0.15) is 0 Å². The molecule has 0 radical (unpaired) electrons. The van der Waals surface area contributed by atoms with Gasteiger partial charge in [0.15, 0.2) is 11.3 Å². The van der Waals surface area contributed by atoms with Crippen LogP contribution in [0, 0.1) is 6.92 Å². The average molecular weight is 274 g/mol. The second-order valence-corrected chi connectivity index (χ2v) is 4.31. The molecule has 0 aliphatic heterocycles. The fraction of sp³-hybridized carbons (Fsp3) is 0.182. The summed E-state index contributed by atoms with van der Waals surface area (Å²) in [6, 6.07) is 1.50. The zero-order valence-electron chi connectivity index (χ0n) is 9.14. The van der Waals surface area contributed by atoms with E-state index in [0.29, 0.717) is 32.3 Å². The molecule has 6 heteroatoms. The van der Waals surface area contributed by atoms with E-state index < -0.39 is 5.91 Å². The fourth-order valence-corrected chi connectivity index (χ4v) is 2.33. The van der Waals surface area contributed by atoms with E-state index in [-0.39, 0.29) is 5.76 Å². The number of halogens is 2. The molecule has 0 aliphatic carbocycles. The second-order valence-electron chi connectivity index (χ2n) is 3.50. The number of rotatable bonds is 2. The van der Waals surface area contributed by atoms with E-state index in [1.165, 1.54) is 13.2 Å². The number of hydrogen-bond acceptors (Lipinski definition) is 3. The highest BCUT2D eigenvalue weighted by Gasteiger charge is 2.22. The first kappa shape index (κ1) is 12.1. The minimum Gasteiger partial charge on any atom is -0.494 e. The fourth-order valence-electron chi connectivity index (χ4n) is 1.75. The number of fused-ring (bicyclic) bond motifs is 1. The van der Waals surface area contributed by atoms with Crippen LogP contribution in [0.3, 0.4) is 0 Å². The molecule has 1 amide bonds. The van der Waals surface area contributed by atoms with Crippen LogP contribution < -0.4 is 10.5 Å². The van der Waals surface area contributed by atoms with Crippen molar-refractivity contribution in [2.45, 2.75) is 6.92 Å². The third kappa shape index (κ3) is 1.73. The molecule has 1 aromatic carbocycles. The summed E-state index contributed by atoms with van der Waals surface area (Å²) in [5, 5.41) is 1.23. The number of furan rings is 1. The van der Waals surface area contributed by atoms with E-state index >= 15 is 0 Å². The largest absolute Gasteiger partial charge is 0.494 e. The summed E-state index contributed by atoms with van der Waals surface area (Å²) in [5.41, 5.74) is 6.12. The van der Waals surface area contributed by atoms with Gasteiger partial charge in [0.2, 0.25) is 0 Å². The molecule has 90 valence electrons. The summed E-state index contributed by atoms with van der Waals surface area (Å²) in [4.78, 5) is 11.2. The van der Waals surface area contributed by atoms with E-state index in [4.69, 9.17) is 38.1 Å². The summed E-state index contributed by atoms with van der Waals surface area (Å²) >= 11 is 12.0. The highest BCUT2D eigenvalue weighted by molar-refractivity contribution is 6.39. The number of carbonyl (C=O) groups excluding carboxylic acids is 1. The van der Waals surface area contributed by atoms with E-state index in [0.717, 1.165) is 0 Å². The van der Waals surface area contributed by atoms with E-state index in [1.807, 2.05) is 0 Å². The Labute approximate surface area is 107 Å². The molecular formula is C11H9Cl2NO3. The van der Waals surface area contributed by atoms with Crippen molar-refractivity contribution < 1.29 is 13.9 Å². The molecule has 1 heterocycles. The molecule has 0 spiro atoms. The second kappa shape index (κ2) is 4.13. The maximum atomic E-state index is 11.2. The van der Waals surface area contributed by atoms with Gasteiger partial charge in [-0.05, 0) is 13.0 Å². The quantitative estimate of drug-likeness (QED) is 0.914. The molecule has 0 saturated heterocycles. The van der Waals surface area contributed by atoms with Crippen LogP contribution in [-0.4, -0.2) is 13.0 Å². The molecule has 0 aliphatic rings. The Morgan fingerprint density at radius 3 is 2.59 bits per heavy atom. The van der Waals surface area contributed by atoms with Crippen LogP contribution in [0.5, 0.6) is 5.75 Å². The minimum absolute atomic E-state index is 0.0578. The molecule has 2 rings (SSSR count). The van der Waals surface area contributed by atoms with Crippen LogP contribution in [-0.2, 0) is 0 Å². The zero-order valence-corrected chi connectivity index (χ0v) is 10.6. The molecule has 2 N–H and O–H groups in total. The van der Waals surface area contributed by atoms with Gasteiger partial charge < -0.3 is 14.9 Å². The van der Waals surface area contributed by atoms with Crippen LogP contribution >= 0.6 is 23.2 Å². The zero-order chi connectivity index (χ0) is 12.7. The number of nitrogens with two attached hydrogens (primary N) is 1. The first-order valence-electron chi connectivity index (χ1n) is 4.72. The van der Waals surface area contributed by atoms with Crippen LogP contribution in [0.4, 0.5) is 0 Å². The molecule has 0 saturated carbocycles. The van der Waals surface area contributed by atoms with Crippen LogP contribution in [0.15, 0.2) is 10.5 Å². The molecule has 0 atom stereocenters. The van der Waals surface area contributed by atoms with Gasteiger partial charge in [-0.25, -0.2) is 0 Å². The highest BCUT2D eigenvalue weighted by Crippen LogP contribution is 2.42. The third-order valence-corrected chi connectivity index (χ3v) is 3.05. The van der Waals surface area contributed by atoms with Crippen molar-refractivity contribution in [3.63, 3.8) is 0 Å². The molecular weight excluding hydrogens is 265 g/mol. The van der Waals surface area contributed by atoms with Crippen molar-refractivity contribution in [1.29, 1.82) is 0 Å². The number of aryl methyl sites for hydroxylation is 1. The number of benzene rings is 1. The smallest absolute Gasteiger partial charge is 0.284 e. The maximum Gasteiger partial charge on any atom is 0.284 e. The van der Waals surface area contributed by atoms with Crippen molar-refractivity contribution >= 4 is 40.1 Å². The minimum atomic E-state index is -0.659. The number of hydrogen-bond donors (Lipinski definition) is 1. The summed E-state index contributed by atoms with van der Waals surface area (Å²) in [5.74, 6) is -0.185. The van der Waals surface area contributed by atoms with Crippen molar-refractivity contribution in [3.05, 3.63) is 27.4 Å². The van der Waals surface area contributed by atoms with Gasteiger partial charge in [-0.3, -0.25) is 4.79 Å². The lowest BCUT2D eigenvalue weighted by Crippen LogP contribution is -2.10. The first-order chi connectivity index (χ1) is 7.97. The average Bonchev–Trinajstić information content (AvgIpc) is 2.58. The lowest BCUT2D eigenvalue weighted by molar-refractivity contribution is 0.0975. The number of carbonyl (C=O) groups is 1. The Kier molecular flexibility index (Phi) is 2.93. The Bertz CT molecular complexity index is 619. The summed E-state index contributed by atoms with van der Waals surface area (Å²) in [6.45, 7) is 1.70. The predicted molar refractivity (Wildman–Crippen MR) is 66.0 cm³/mol. The van der Waals surface area contributed by atoms with Gasteiger partial charge in [-0.1, -0.05) is 23.2 Å². The summed E-state index contributed by atoms with van der Waals surface area (Å²) in [7, 11) is 1.48. The molecule has 2 aromatic rings. The SMILES string of the molecule is COc1c(Cl)cc(Cl)c2oc(C(N)=O)c(C)c12. The lowest BCUT2D eigenvalue weighted by Gasteiger charge is -2.05. The molecule has 17 heavy (non-hydrogen) atoms. The summed E-state index contributed by atoms with van der Waals surface area (Å²) < 4.78 is 10.5. The first-order valence-corrected chi connectivity index (χ1v) is 5.47. The maximum absolute atomic E-state index is 11.2. The van der Waals surface area contributed by atoms with Crippen molar-refractivity contribution in [3.8, 4) is 5.75 Å². The third-order valence-electron chi connectivity index (χ3n) is 2.49. The van der Waals surface area contributed by atoms with Crippen molar-refractivity contribution in [2.75, 3.05) is 7.11 Å². The molecule has 1 aromatic heterocycles. The lowest BCUT2D eigenvalue weighted by atomic mass is 10.1. The number of ether oxygens (including phenoxy) is 1. The standard InChI is InChI=1S/C11H9Cl2NO3/c1-4-7-9(16-2)5(12)3-6(13)10(7)17-8(4)11(14)15/h3H,1-2H3,(H2,14,15). The van der Waals surface area contributed by atoms with Crippen molar-refractivity contribution in [1.82, 2.24) is 0 Å². The van der Waals surface area contributed by atoms with Crippen LogP contribution in [0.2, 0.25) is 10.0 Å². The van der Waals surface area contributed by atoms with Gasteiger partial charge in [-0.15, -0.1) is 0 Å². The number of primary amides is 1. The highest BCUT2D eigenvalue weighted by atomic mass is 35.5. The molecule has 4 nitrogen and oxygen atoms in total. The Morgan fingerprint density at radius 2 is 2.06 bits per heavy atom. The van der Waals surface area contributed by atoms with Crippen LogP contribution in [0.1, 0.15) is 16.1 Å². The van der Waals surface area contributed by atoms with Crippen LogP contribution in [0.25, 0.3) is 11.0 Å². The van der Waals surface area contributed by atoms with Gasteiger partial charge >= 0.3 is 0 Å². The number of amides is 1. The Morgan fingerprint density at radius 1 is 1.41 bits per heavy atom. The van der Waals surface area contributed by atoms with Gasteiger partial charge in [0, 0.05) is 5.56 Å². The molecule has 0 unspecified atom stereocenters. The Hall–Kier alpha value is -1.39. The van der Waals surface area contributed by atoms with E-state index in [9.17, 15) is 4.79 Å². The molecule has 0 fully saturated rings.